The van der Waals surface area contributed by atoms with E-state index in [1.54, 1.807) is 20.8 Å². The number of rotatable bonds is 14. The zero-order valence-electron chi connectivity index (χ0n) is 23.2. The average molecular weight is 554 g/mol. The van der Waals surface area contributed by atoms with Crippen LogP contribution in [-0.2, 0) is 19.1 Å². The minimum absolute atomic E-state index is 0.00709. The summed E-state index contributed by atoms with van der Waals surface area (Å²) in [5.74, 6) is -1.37. The van der Waals surface area contributed by atoms with Gasteiger partial charge in [0.25, 0.3) is 0 Å². The molecule has 11 heteroatoms. The SMILES string of the molecule is CCOCNC(=O)[C@H](CCCNC(N)=O)NC(=O)[C@@H](NC(=O)OCC1c2ccccc2-c2ccccc21)C(C)C. The molecule has 0 saturated carbocycles. The van der Waals surface area contributed by atoms with Crippen molar-refractivity contribution in [3.63, 3.8) is 0 Å². The van der Waals surface area contributed by atoms with Gasteiger partial charge in [0.15, 0.2) is 0 Å². The van der Waals surface area contributed by atoms with Crippen molar-refractivity contribution in [1.29, 1.82) is 0 Å². The summed E-state index contributed by atoms with van der Waals surface area (Å²) in [6.45, 7) is 6.13. The van der Waals surface area contributed by atoms with E-state index < -0.39 is 36.0 Å². The molecule has 2 aromatic carbocycles. The van der Waals surface area contributed by atoms with Gasteiger partial charge in [-0.25, -0.2) is 9.59 Å². The van der Waals surface area contributed by atoms with Crippen molar-refractivity contribution in [1.82, 2.24) is 21.3 Å². The highest BCUT2D eigenvalue weighted by atomic mass is 16.5. The van der Waals surface area contributed by atoms with Crippen LogP contribution in [0.15, 0.2) is 48.5 Å². The fourth-order valence-electron chi connectivity index (χ4n) is 4.70. The Morgan fingerprint density at radius 1 is 0.900 bits per heavy atom. The van der Waals surface area contributed by atoms with Crippen molar-refractivity contribution in [3.8, 4) is 11.1 Å². The summed E-state index contributed by atoms with van der Waals surface area (Å²) in [6, 6.07) is 13.5. The highest BCUT2D eigenvalue weighted by molar-refractivity contribution is 5.91. The molecule has 1 aliphatic rings. The first-order valence-electron chi connectivity index (χ1n) is 13.5. The molecule has 0 aliphatic heterocycles. The molecule has 0 fully saturated rings. The predicted octanol–water partition coefficient (Wildman–Crippen LogP) is 2.59. The zero-order valence-corrected chi connectivity index (χ0v) is 23.2. The molecule has 0 aromatic heterocycles. The third-order valence-electron chi connectivity index (χ3n) is 6.72. The standard InChI is InChI=1S/C29H39N5O6/c1-4-39-17-32-26(35)24(14-9-15-31-28(30)37)33-27(36)25(18(2)3)34-29(38)40-16-23-21-12-7-5-10-19(21)20-11-6-8-13-22(20)23/h5-8,10-13,18,23-25H,4,9,14-17H2,1-3H3,(H,32,35)(H,33,36)(H,34,38)(H3,30,31,37)/t24-,25-/m0/s1. The number of hydrogen-bond acceptors (Lipinski definition) is 6. The smallest absolute Gasteiger partial charge is 0.407 e. The maximum Gasteiger partial charge on any atom is 0.407 e. The molecule has 40 heavy (non-hydrogen) atoms. The number of nitrogens with two attached hydrogens (primary N) is 1. The lowest BCUT2D eigenvalue weighted by Crippen LogP contribution is -2.55. The highest BCUT2D eigenvalue weighted by Crippen LogP contribution is 2.44. The fourth-order valence-corrected chi connectivity index (χ4v) is 4.70. The first-order valence-corrected chi connectivity index (χ1v) is 13.5. The van der Waals surface area contributed by atoms with Crippen molar-refractivity contribution >= 4 is 23.9 Å². The summed E-state index contributed by atoms with van der Waals surface area (Å²) >= 11 is 0. The number of carbonyl (C=O) groups excluding carboxylic acids is 4. The van der Waals surface area contributed by atoms with Crippen LogP contribution in [0.25, 0.3) is 11.1 Å². The largest absolute Gasteiger partial charge is 0.449 e. The second-order valence-electron chi connectivity index (χ2n) is 9.86. The Morgan fingerprint density at radius 3 is 2.10 bits per heavy atom. The van der Waals surface area contributed by atoms with E-state index in [9.17, 15) is 19.2 Å². The van der Waals surface area contributed by atoms with E-state index in [1.165, 1.54) is 0 Å². The number of fused-ring (bicyclic) bond motifs is 3. The molecule has 11 nitrogen and oxygen atoms in total. The van der Waals surface area contributed by atoms with Gasteiger partial charge in [-0.15, -0.1) is 0 Å². The zero-order chi connectivity index (χ0) is 29.1. The summed E-state index contributed by atoms with van der Waals surface area (Å²) in [5, 5.41) is 10.5. The van der Waals surface area contributed by atoms with E-state index in [1.807, 2.05) is 36.4 Å². The molecule has 6 N–H and O–H groups in total. The maximum absolute atomic E-state index is 13.2. The summed E-state index contributed by atoms with van der Waals surface area (Å²) in [4.78, 5) is 49.7. The molecule has 2 atom stereocenters. The van der Waals surface area contributed by atoms with E-state index in [0.29, 0.717) is 13.0 Å². The number of hydrogen-bond donors (Lipinski definition) is 5. The molecule has 3 rings (SSSR count). The number of primary amides is 1. The van der Waals surface area contributed by atoms with E-state index in [0.717, 1.165) is 22.3 Å². The lowest BCUT2D eigenvalue weighted by atomic mass is 9.98. The van der Waals surface area contributed by atoms with Crippen LogP contribution in [0.2, 0.25) is 0 Å². The molecule has 0 spiro atoms. The first kappa shape index (κ1) is 30.4. The van der Waals surface area contributed by atoms with Gasteiger partial charge in [-0.2, -0.15) is 0 Å². The monoisotopic (exact) mass is 553 g/mol. The van der Waals surface area contributed by atoms with E-state index >= 15 is 0 Å². The van der Waals surface area contributed by atoms with Gasteiger partial charge in [-0.3, -0.25) is 9.59 Å². The van der Waals surface area contributed by atoms with Crippen molar-refractivity contribution in [2.45, 2.75) is 51.6 Å². The van der Waals surface area contributed by atoms with Crippen LogP contribution in [0.5, 0.6) is 0 Å². The minimum atomic E-state index is -0.943. The Labute approximate surface area is 234 Å². The van der Waals surface area contributed by atoms with Crippen molar-refractivity contribution in [2.24, 2.45) is 11.7 Å². The molecule has 0 bridgehead atoms. The maximum atomic E-state index is 13.2. The van der Waals surface area contributed by atoms with Crippen LogP contribution in [-0.4, -0.2) is 62.5 Å². The first-order chi connectivity index (χ1) is 19.2. The molecule has 216 valence electrons. The Balaban J connectivity index is 1.61. The molecular weight excluding hydrogens is 514 g/mol. The van der Waals surface area contributed by atoms with Crippen molar-refractivity contribution in [2.75, 3.05) is 26.5 Å². The van der Waals surface area contributed by atoms with Crippen LogP contribution >= 0.6 is 0 Å². The van der Waals surface area contributed by atoms with Gasteiger partial charge >= 0.3 is 12.1 Å². The average Bonchev–Trinajstić information content (AvgIpc) is 3.25. The Kier molecular flexibility index (Phi) is 11.3. The lowest BCUT2D eigenvalue weighted by molar-refractivity contribution is -0.131. The topological polar surface area (TPSA) is 161 Å². The molecule has 0 saturated heterocycles. The van der Waals surface area contributed by atoms with Gasteiger partial charge in [-0.05, 0) is 47.9 Å². The Hall–Kier alpha value is -4.12. The molecule has 0 radical (unpaired) electrons. The molecular formula is C29H39N5O6. The number of benzene rings is 2. The Morgan fingerprint density at radius 2 is 1.52 bits per heavy atom. The van der Waals surface area contributed by atoms with Crippen LogP contribution < -0.4 is 27.0 Å². The van der Waals surface area contributed by atoms with Crippen LogP contribution in [0, 0.1) is 5.92 Å². The Bertz CT molecular complexity index is 1140. The quantitative estimate of drug-likeness (QED) is 0.178. The second kappa shape index (κ2) is 14.9. The summed E-state index contributed by atoms with van der Waals surface area (Å²) in [7, 11) is 0. The number of amides is 5. The summed E-state index contributed by atoms with van der Waals surface area (Å²) < 4.78 is 10.8. The van der Waals surface area contributed by atoms with Crippen LogP contribution in [0.1, 0.15) is 50.7 Å². The van der Waals surface area contributed by atoms with Gasteiger partial charge in [0.2, 0.25) is 11.8 Å². The third-order valence-corrected chi connectivity index (χ3v) is 6.72. The van der Waals surface area contributed by atoms with Crippen molar-refractivity contribution < 1.29 is 28.7 Å². The molecule has 2 aromatic rings. The van der Waals surface area contributed by atoms with E-state index in [4.69, 9.17) is 15.2 Å². The number of ether oxygens (including phenoxy) is 2. The summed E-state index contributed by atoms with van der Waals surface area (Å²) in [6.07, 6.45) is -0.0966. The second-order valence-corrected chi connectivity index (χ2v) is 9.86. The number of urea groups is 1. The van der Waals surface area contributed by atoms with E-state index in [-0.39, 0.29) is 38.1 Å². The van der Waals surface area contributed by atoms with Gasteiger partial charge in [0.05, 0.1) is 0 Å². The van der Waals surface area contributed by atoms with Crippen molar-refractivity contribution in [3.05, 3.63) is 59.7 Å². The molecule has 5 amide bonds. The number of carbonyl (C=O) groups is 4. The van der Waals surface area contributed by atoms with Gasteiger partial charge in [0.1, 0.15) is 25.4 Å². The number of nitrogens with one attached hydrogen (secondary N) is 4. The van der Waals surface area contributed by atoms with Gasteiger partial charge in [-0.1, -0.05) is 62.4 Å². The highest BCUT2D eigenvalue weighted by Gasteiger charge is 2.31. The third kappa shape index (κ3) is 8.19. The normalized spacial score (nSPS) is 13.5. The number of alkyl carbamates (subject to hydrolysis) is 1. The van der Waals surface area contributed by atoms with Crippen LogP contribution in [0.3, 0.4) is 0 Å². The lowest BCUT2D eigenvalue weighted by Gasteiger charge is -2.25. The minimum Gasteiger partial charge on any atom is -0.449 e. The van der Waals surface area contributed by atoms with Gasteiger partial charge in [0, 0.05) is 19.1 Å². The summed E-state index contributed by atoms with van der Waals surface area (Å²) in [5.41, 5.74) is 9.50. The predicted molar refractivity (Wildman–Crippen MR) is 150 cm³/mol. The van der Waals surface area contributed by atoms with Gasteiger partial charge < -0.3 is 36.5 Å². The van der Waals surface area contributed by atoms with Crippen LogP contribution in [0.4, 0.5) is 9.59 Å². The molecule has 0 heterocycles. The molecule has 0 unspecified atom stereocenters. The fraction of sp³-hybridized carbons (Fsp3) is 0.448. The molecule has 1 aliphatic carbocycles. The van der Waals surface area contributed by atoms with E-state index in [2.05, 4.69) is 33.4 Å².